The molecule has 37 heavy (non-hydrogen) atoms. The van der Waals surface area contributed by atoms with E-state index in [1.165, 1.54) is 17.5 Å². The number of carbonyl (C=O) groups is 1. The number of nitrogens with one attached hydrogen (secondary N) is 3. The van der Waals surface area contributed by atoms with Gasteiger partial charge in [-0.1, -0.05) is 0 Å². The number of hydrogen-bond donors (Lipinski definition) is 4. The van der Waals surface area contributed by atoms with Gasteiger partial charge in [0.2, 0.25) is 0 Å². The standard InChI is InChI=1S/C24H31N7O5S/c1-7-35-30-24(32)18-13-25-22(29-23-10-15(4)26-16(5)27-23)12-20(18)28-19-9-8-17(36-14(2)3)11-21(19)31(6)37(33)34/h8-14H,7H2,1-6H3,(H,30,32)(H,33,34)(H2,25,26,27,28,29). The van der Waals surface area contributed by atoms with Crippen molar-refractivity contribution in [2.24, 2.45) is 0 Å². The summed E-state index contributed by atoms with van der Waals surface area (Å²) in [6, 6.07) is 8.47. The Balaban J connectivity index is 2.05. The van der Waals surface area contributed by atoms with Crippen molar-refractivity contribution in [3.8, 4) is 5.75 Å². The maximum atomic E-state index is 12.8. The topological polar surface area (TPSA) is 151 Å². The van der Waals surface area contributed by atoms with Gasteiger partial charge < -0.3 is 15.4 Å². The molecule has 1 aromatic carbocycles. The van der Waals surface area contributed by atoms with Crippen LogP contribution in [0.25, 0.3) is 0 Å². The summed E-state index contributed by atoms with van der Waals surface area (Å²) in [5.41, 5.74) is 4.55. The highest BCUT2D eigenvalue weighted by molar-refractivity contribution is 7.80. The van der Waals surface area contributed by atoms with Crippen molar-refractivity contribution in [2.75, 3.05) is 28.6 Å². The summed E-state index contributed by atoms with van der Waals surface area (Å²) in [7, 11) is 1.47. The Hall–Kier alpha value is -3.81. The number of carbonyl (C=O) groups excluding carboxylic acids is 1. The first kappa shape index (κ1) is 27.8. The van der Waals surface area contributed by atoms with Crippen LogP contribution in [0.5, 0.6) is 5.75 Å². The number of hydrogen-bond acceptors (Lipinski definition) is 9. The van der Waals surface area contributed by atoms with E-state index in [2.05, 4.69) is 31.1 Å². The fourth-order valence-corrected chi connectivity index (χ4v) is 3.68. The minimum absolute atomic E-state index is 0.0895. The van der Waals surface area contributed by atoms with E-state index in [0.717, 1.165) is 5.69 Å². The highest BCUT2D eigenvalue weighted by Gasteiger charge is 2.19. The molecule has 0 aliphatic heterocycles. The maximum absolute atomic E-state index is 12.8. The Morgan fingerprint density at radius 3 is 2.51 bits per heavy atom. The molecular weight excluding hydrogens is 498 g/mol. The maximum Gasteiger partial charge on any atom is 0.278 e. The molecule has 3 rings (SSSR count). The third-order valence-corrected chi connectivity index (χ3v) is 5.53. The van der Waals surface area contributed by atoms with Crippen LogP contribution in [-0.2, 0) is 16.1 Å². The number of aromatic nitrogens is 3. The van der Waals surface area contributed by atoms with Crippen LogP contribution in [0.3, 0.4) is 0 Å². The summed E-state index contributed by atoms with van der Waals surface area (Å²) in [5.74, 6) is 1.56. The number of benzene rings is 1. The average molecular weight is 530 g/mol. The smallest absolute Gasteiger partial charge is 0.278 e. The first-order chi connectivity index (χ1) is 17.6. The predicted octanol–water partition coefficient (Wildman–Crippen LogP) is 4.02. The molecule has 0 aliphatic rings. The zero-order valence-electron chi connectivity index (χ0n) is 21.5. The summed E-state index contributed by atoms with van der Waals surface area (Å²) in [4.78, 5) is 30.9. The fourth-order valence-electron chi connectivity index (χ4n) is 3.37. The lowest BCUT2D eigenvalue weighted by Crippen LogP contribution is -2.25. The Labute approximate surface area is 218 Å². The van der Waals surface area contributed by atoms with Gasteiger partial charge in [-0.05, 0) is 46.8 Å². The van der Waals surface area contributed by atoms with Crippen molar-refractivity contribution in [2.45, 2.75) is 40.7 Å². The number of nitrogens with zero attached hydrogens (tertiary/aromatic N) is 4. The molecule has 4 N–H and O–H groups in total. The Bertz CT molecular complexity index is 1270. The van der Waals surface area contributed by atoms with Gasteiger partial charge in [0, 0.05) is 37.1 Å². The molecule has 3 aromatic rings. The lowest BCUT2D eigenvalue weighted by atomic mass is 10.2. The van der Waals surface area contributed by atoms with Crippen molar-refractivity contribution in [1.29, 1.82) is 0 Å². The van der Waals surface area contributed by atoms with Crippen molar-refractivity contribution < 1.29 is 23.1 Å². The number of amides is 1. The predicted molar refractivity (Wildman–Crippen MR) is 143 cm³/mol. The minimum atomic E-state index is -2.30. The second-order valence-electron chi connectivity index (χ2n) is 8.24. The third kappa shape index (κ3) is 7.59. The summed E-state index contributed by atoms with van der Waals surface area (Å²) >= 11 is -2.30. The van der Waals surface area contributed by atoms with E-state index in [0.29, 0.717) is 40.3 Å². The second kappa shape index (κ2) is 12.4. The Kier molecular flexibility index (Phi) is 9.33. The van der Waals surface area contributed by atoms with E-state index in [9.17, 15) is 13.6 Å². The molecule has 0 radical (unpaired) electrons. The van der Waals surface area contributed by atoms with E-state index >= 15 is 0 Å². The second-order valence-corrected chi connectivity index (χ2v) is 9.25. The molecule has 0 saturated heterocycles. The van der Waals surface area contributed by atoms with Crippen molar-refractivity contribution in [3.05, 3.63) is 53.6 Å². The largest absolute Gasteiger partial charge is 0.491 e. The molecule has 12 nitrogen and oxygen atoms in total. The van der Waals surface area contributed by atoms with Crippen LogP contribution < -0.4 is 25.2 Å². The van der Waals surface area contributed by atoms with Gasteiger partial charge in [-0.25, -0.2) is 24.6 Å². The number of pyridine rings is 1. The molecule has 0 aliphatic carbocycles. The third-order valence-electron chi connectivity index (χ3n) is 4.86. The van der Waals surface area contributed by atoms with Crippen molar-refractivity contribution in [1.82, 2.24) is 20.4 Å². The molecule has 1 atom stereocenters. The normalized spacial score (nSPS) is 11.7. The van der Waals surface area contributed by atoms with Gasteiger partial charge in [0.15, 0.2) is 0 Å². The molecule has 2 heterocycles. The summed E-state index contributed by atoms with van der Waals surface area (Å²) in [5, 5.41) is 6.31. The number of aryl methyl sites for hydroxylation is 2. The van der Waals surface area contributed by atoms with E-state index in [1.807, 2.05) is 20.8 Å². The molecule has 198 valence electrons. The molecule has 0 bridgehead atoms. The van der Waals surface area contributed by atoms with Crippen LogP contribution in [-0.4, -0.2) is 49.4 Å². The van der Waals surface area contributed by atoms with Gasteiger partial charge in [0.05, 0.1) is 35.3 Å². The van der Waals surface area contributed by atoms with Crippen LogP contribution in [0.15, 0.2) is 36.5 Å². The highest BCUT2D eigenvalue weighted by atomic mass is 32.2. The van der Waals surface area contributed by atoms with Crippen LogP contribution in [0.1, 0.15) is 42.6 Å². The monoisotopic (exact) mass is 529 g/mol. The molecule has 0 spiro atoms. The molecular formula is C24H31N7O5S. The minimum Gasteiger partial charge on any atom is -0.491 e. The van der Waals surface area contributed by atoms with E-state index in [1.54, 1.807) is 44.2 Å². The zero-order valence-corrected chi connectivity index (χ0v) is 22.3. The van der Waals surface area contributed by atoms with Gasteiger partial charge in [0.25, 0.3) is 17.2 Å². The first-order valence-electron chi connectivity index (χ1n) is 11.5. The fraction of sp³-hybridized carbons (Fsp3) is 0.333. The van der Waals surface area contributed by atoms with Gasteiger partial charge in [-0.15, -0.1) is 0 Å². The van der Waals surface area contributed by atoms with Crippen LogP contribution in [0.2, 0.25) is 0 Å². The molecule has 13 heteroatoms. The Morgan fingerprint density at radius 1 is 1.11 bits per heavy atom. The van der Waals surface area contributed by atoms with Gasteiger partial charge in [-0.2, -0.15) is 0 Å². The molecule has 1 unspecified atom stereocenters. The number of anilines is 5. The van der Waals surface area contributed by atoms with Crippen LogP contribution in [0.4, 0.5) is 28.7 Å². The molecule has 0 saturated carbocycles. The van der Waals surface area contributed by atoms with Gasteiger partial charge in [-0.3, -0.25) is 18.5 Å². The van der Waals surface area contributed by atoms with Crippen LogP contribution in [0, 0.1) is 13.8 Å². The SMILES string of the molecule is CCONC(=O)c1cnc(Nc2cc(C)nc(C)n2)cc1Nc1ccc(OC(C)C)cc1N(C)S(=O)O. The average Bonchev–Trinajstić information content (AvgIpc) is 2.82. The number of ether oxygens (including phenoxy) is 1. The molecule has 2 aromatic heterocycles. The van der Waals surface area contributed by atoms with Crippen molar-refractivity contribution >= 4 is 45.9 Å². The summed E-state index contributed by atoms with van der Waals surface area (Å²) in [6.45, 7) is 9.44. The quantitative estimate of drug-likeness (QED) is 0.212. The molecule has 1 amide bonds. The zero-order chi connectivity index (χ0) is 27.1. The van der Waals surface area contributed by atoms with Crippen molar-refractivity contribution in [3.63, 3.8) is 0 Å². The van der Waals surface area contributed by atoms with Gasteiger partial charge >= 0.3 is 0 Å². The van der Waals surface area contributed by atoms with E-state index in [-0.39, 0.29) is 18.3 Å². The highest BCUT2D eigenvalue weighted by Crippen LogP contribution is 2.35. The summed E-state index contributed by atoms with van der Waals surface area (Å²) in [6.07, 6.45) is 1.30. The van der Waals surface area contributed by atoms with Crippen LogP contribution >= 0.6 is 0 Å². The number of hydroxylamine groups is 1. The van der Waals surface area contributed by atoms with E-state index < -0.39 is 17.2 Å². The van der Waals surface area contributed by atoms with Gasteiger partial charge in [0.1, 0.15) is 23.2 Å². The first-order valence-corrected chi connectivity index (χ1v) is 12.6. The lowest BCUT2D eigenvalue weighted by Gasteiger charge is -2.22. The summed E-state index contributed by atoms with van der Waals surface area (Å²) < 4.78 is 28.6. The molecule has 0 fully saturated rings. The lowest BCUT2D eigenvalue weighted by molar-refractivity contribution is 0.0365. The van der Waals surface area contributed by atoms with E-state index in [4.69, 9.17) is 9.57 Å². The number of rotatable bonds is 11. The Morgan fingerprint density at radius 2 is 1.86 bits per heavy atom.